The topological polar surface area (TPSA) is 54.4 Å². The molecule has 0 aliphatic carbocycles. The summed E-state index contributed by atoms with van der Waals surface area (Å²) in [7, 11) is 0. The molecule has 122 valence electrons. The van der Waals surface area contributed by atoms with E-state index in [4.69, 9.17) is 14.2 Å². The number of hydrogen-bond donors (Lipinski definition) is 1. The van der Waals surface area contributed by atoms with Gasteiger partial charge in [-0.15, -0.1) is 0 Å². The second-order valence-electron chi connectivity index (χ2n) is 5.71. The van der Waals surface area contributed by atoms with Crippen molar-refractivity contribution in [3.8, 4) is 17.2 Å². The average Bonchev–Trinajstić information content (AvgIpc) is 3.01. The number of likely N-dealkylation sites (N-methyl/N-ethyl adjacent to an activating group) is 1. The van der Waals surface area contributed by atoms with E-state index in [1.165, 1.54) is 0 Å². The molecule has 1 atom stereocenters. The van der Waals surface area contributed by atoms with Gasteiger partial charge in [0.25, 0.3) is 0 Å². The molecule has 0 unspecified atom stereocenters. The summed E-state index contributed by atoms with van der Waals surface area (Å²) in [6, 6.07) is 5.46. The number of hydrogen-bond acceptors (Lipinski definition) is 6. The molecule has 0 radical (unpaired) electrons. The van der Waals surface area contributed by atoms with Gasteiger partial charge in [0.1, 0.15) is 18.5 Å². The monoisotopic (exact) mass is 308 g/mol. The van der Waals surface area contributed by atoms with Crippen LogP contribution in [0.25, 0.3) is 0 Å². The molecule has 0 bridgehead atoms. The van der Waals surface area contributed by atoms with E-state index in [-0.39, 0.29) is 13.4 Å². The number of fused-ring (bicyclic) bond motifs is 1. The molecule has 2 aliphatic rings. The number of ether oxygens (including phenoxy) is 3. The Kier molecular flexibility index (Phi) is 5.02. The van der Waals surface area contributed by atoms with Crippen molar-refractivity contribution in [1.82, 2.24) is 9.80 Å². The van der Waals surface area contributed by atoms with Crippen molar-refractivity contribution in [3.63, 3.8) is 0 Å². The van der Waals surface area contributed by atoms with Gasteiger partial charge in [-0.3, -0.25) is 4.90 Å². The molecule has 0 aromatic heterocycles. The maximum atomic E-state index is 10.1. The van der Waals surface area contributed by atoms with Crippen molar-refractivity contribution in [2.24, 2.45) is 0 Å². The molecule has 6 heteroatoms. The molecular weight excluding hydrogens is 284 g/mol. The van der Waals surface area contributed by atoms with E-state index in [9.17, 15) is 5.11 Å². The lowest BCUT2D eigenvalue weighted by molar-refractivity contribution is 0.0470. The van der Waals surface area contributed by atoms with Crippen molar-refractivity contribution in [3.05, 3.63) is 18.2 Å². The molecule has 1 saturated heterocycles. The third kappa shape index (κ3) is 3.82. The van der Waals surface area contributed by atoms with Crippen LogP contribution < -0.4 is 14.2 Å². The zero-order valence-electron chi connectivity index (χ0n) is 13.0. The number of piperazine rings is 1. The van der Waals surface area contributed by atoms with E-state index in [1.54, 1.807) is 6.07 Å². The molecule has 0 spiro atoms. The predicted molar refractivity (Wildman–Crippen MR) is 82.6 cm³/mol. The highest BCUT2D eigenvalue weighted by Gasteiger charge is 2.19. The number of nitrogens with zero attached hydrogens (tertiary/aromatic N) is 2. The lowest BCUT2D eigenvalue weighted by atomic mass is 10.2. The lowest BCUT2D eigenvalue weighted by Gasteiger charge is -2.34. The minimum Gasteiger partial charge on any atom is -0.491 e. The Labute approximate surface area is 131 Å². The Morgan fingerprint density at radius 1 is 1.14 bits per heavy atom. The highest BCUT2D eigenvalue weighted by Crippen LogP contribution is 2.35. The second kappa shape index (κ2) is 7.17. The molecular formula is C16H24N2O4. The first-order valence-electron chi connectivity index (χ1n) is 7.90. The zero-order chi connectivity index (χ0) is 15.4. The van der Waals surface area contributed by atoms with Crippen LogP contribution in [0.4, 0.5) is 0 Å². The van der Waals surface area contributed by atoms with Gasteiger partial charge < -0.3 is 24.2 Å². The lowest BCUT2D eigenvalue weighted by Crippen LogP contribution is -2.49. The number of rotatable bonds is 6. The third-order valence-corrected chi connectivity index (χ3v) is 4.17. The van der Waals surface area contributed by atoms with Crippen molar-refractivity contribution in [2.75, 3.05) is 52.7 Å². The molecule has 1 aromatic rings. The molecule has 0 saturated carbocycles. The van der Waals surface area contributed by atoms with E-state index < -0.39 is 6.10 Å². The largest absolute Gasteiger partial charge is 0.491 e. The summed E-state index contributed by atoms with van der Waals surface area (Å²) >= 11 is 0. The van der Waals surface area contributed by atoms with Crippen LogP contribution in [0.1, 0.15) is 6.92 Å². The van der Waals surface area contributed by atoms with Crippen LogP contribution >= 0.6 is 0 Å². The Bertz CT molecular complexity index is 489. The molecule has 1 aromatic carbocycles. The zero-order valence-corrected chi connectivity index (χ0v) is 13.0. The van der Waals surface area contributed by atoms with Gasteiger partial charge in [-0.25, -0.2) is 0 Å². The van der Waals surface area contributed by atoms with Gasteiger partial charge in [0, 0.05) is 38.8 Å². The predicted octanol–water partition coefficient (Wildman–Crippen LogP) is 0.792. The van der Waals surface area contributed by atoms with Crippen LogP contribution in [0.3, 0.4) is 0 Å². The minimum absolute atomic E-state index is 0.255. The van der Waals surface area contributed by atoms with Gasteiger partial charge in [0.15, 0.2) is 11.5 Å². The van der Waals surface area contributed by atoms with Crippen LogP contribution in [0.2, 0.25) is 0 Å². The molecule has 22 heavy (non-hydrogen) atoms. The smallest absolute Gasteiger partial charge is 0.231 e. The van der Waals surface area contributed by atoms with E-state index >= 15 is 0 Å². The van der Waals surface area contributed by atoms with Gasteiger partial charge in [-0.1, -0.05) is 6.92 Å². The van der Waals surface area contributed by atoms with Crippen molar-refractivity contribution >= 4 is 0 Å². The molecule has 2 aliphatic heterocycles. The first kappa shape index (κ1) is 15.4. The molecule has 6 nitrogen and oxygen atoms in total. The number of β-amino-alcohol motifs (C(OH)–C–C–N with tert-alkyl or cyclic N) is 1. The van der Waals surface area contributed by atoms with Crippen molar-refractivity contribution < 1.29 is 19.3 Å². The summed E-state index contributed by atoms with van der Waals surface area (Å²) in [4.78, 5) is 4.71. The highest BCUT2D eigenvalue weighted by atomic mass is 16.7. The van der Waals surface area contributed by atoms with Crippen LogP contribution in [0.5, 0.6) is 17.2 Å². The molecule has 0 amide bonds. The maximum Gasteiger partial charge on any atom is 0.231 e. The van der Waals surface area contributed by atoms with E-state index in [0.29, 0.717) is 18.0 Å². The number of aliphatic hydroxyl groups excluding tert-OH is 1. The van der Waals surface area contributed by atoms with Gasteiger partial charge in [-0.2, -0.15) is 0 Å². The van der Waals surface area contributed by atoms with Crippen LogP contribution in [-0.4, -0.2) is 73.7 Å². The minimum atomic E-state index is -0.487. The first-order chi connectivity index (χ1) is 10.7. The summed E-state index contributed by atoms with van der Waals surface area (Å²) in [5.41, 5.74) is 0. The van der Waals surface area contributed by atoms with E-state index in [1.807, 2.05) is 12.1 Å². The Balaban J connectivity index is 1.42. The van der Waals surface area contributed by atoms with Crippen LogP contribution in [0.15, 0.2) is 18.2 Å². The summed E-state index contributed by atoms with van der Waals surface area (Å²) in [5, 5.41) is 10.1. The van der Waals surface area contributed by atoms with Crippen LogP contribution in [-0.2, 0) is 0 Å². The summed E-state index contributed by atoms with van der Waals surface area (Å²) in [6.45, 7) is 8.65. The Morgan fingerprint density at radius 2 is 1.86 bits per heavy atom. The molecule has 2 heterocycles. The maximum absolute atomic E-state index is 10.1. The number of benzene rings is 1. The summed E-state index contributed by atoms with van der Waals surface area (Å²) in [5.74, 6) is 2.13. The standard InChI is InChI=1S/C16H24N2O4/c1-2-17-5-7-18(8-6-17)10-13(19)11-20-14-3-4-15-16(9-14)22-12-21-15/h3-4,9,13,19H,2,5-8,10-12H2,1H3/t13-/m1/s1. The quantitative estimate of drug-likeness (QED) is 0.839. The van der Waals surface area contributed by atoms with E-state index in [0.717, 1.165) is 38.5 Å². The highest BCUT2D eigenvalue weighted by molar-refractivity contribution is 5.46. The molecule has 1 N–H and O–H groups in total. The summed E-state index contributed by atoms with van der Waals surface area (Å²) in [6.07, 6.45) is -0.487. The van der Waals surface area contributed by atoms with Gasteiger partial charge in [-0.05, 0) is 18.7 Å². The molecule has 1 fully saturated rings. The Hall–Kier alpha value is -1.50. The second-order valence-corrected chi connectivity index (χ2v) is 5.71. The van der Waals surface area contributed by atoms with Gasteiger partial charge in [0.2, 0.25) is 6.79 Å². The normalized spacial score (nSPS) is 20.1. The fourth-order valence-electron chi connectivity index (χ4n) is 2.80. The third-order valence-electron chi connectivity index (χ3n) is 4.17. The first-order valence-corrected chi connectivity index (χ1v) is 7.90. The van der Waals surface area contributed by atoms with Gasteiger partial charge >= 0.3 is 0 Å². The fraction of sp³-hybridized carbons (Fsp3) is 0.625. The fourth-order valence-corrected chi connectivity index (χ4v) is 2.80. The van der Waals surface area contributed by atoms with Gasteiger partial charge in [0.05, 0.1) is 0 Å². The Morgan fingerprint density at radius 3 is 2.64 bits per heavy atom. The summed E-state index contributed by atoms with van der Waals surface area (Å²) < 4.78 is 16.2. The number of aliphatic hydroxyl groups is 1. The average molecular weight is 308 g/mol. The van der Waals surface area contributed by atoms with E-state index in [2.05, 4.69) is 16.7 Å². The SMILES string of the molecule is CCN1CCN(C[C@@H](O)COc2ccc3c(c2)OCO3)CC1. The van der Waals surface area contributed by atoms with Crippen molar-refractivity contribution in [1.29, 1.82) is 0 Å². The molecule has 3 rings (SSSR count). The van der Waals surface area contributed by atoms with Crippen LogP contribution in [0, 0.1) is 0 Å². The van der Waals surface area contributed by atoms with Crippen molar-refractivity contribution in [2.45, 2.75) is 13.0 Å².